The molecular formula is C35H47N3O9S2. The number of likely N-dealkylation sites (N-methyl/N-ethyl adjacent to an activating group) is 1. The second-order valence-electron chi connectivity index (χ2n) is 12.4. The summed E-state index contributed by atoms with van der Waals surface area (Å²) in [5.74, 6) is -0.0312. The van der Waals surface area contributed by atoms with Gasteiger partial charge in [-0.05, 0) is 87.7 Å². The molecule has 1 amide bonds. The van der Waals surface area contributed by atoms with Gasteiger partial charge in [0.2, 0.25) is 10.0 Å². The molecule has 0 saturated heterocycles. The van der Waals surface area contributed by atoms with Gasteiger partial charge in [-0.3, -0.25) is 9.52 Å². The molecule has 0 aliphatic carbocycles. The summed E-state index contributed by atoms with van der Waals surface area (Å²) in [7, 11) is -4.82. The molecule has 0 radical (unpaired) electrons. The Kier molecular flexibility index (Phi) is 13.1. The number of sulfonamides is 2. The molecule has 0 saturated carbocycles. The Morgan fingerprint density at radius 3 is 2.35 bits per heavy atom. The van der Waals surface area contributed by atoms with E-state index in [1.54, 1.807) is 49.4 Å². The molecule has 49 heavy (non-hydrogen) atoms. The van der Waals surface area contributed by atoms with E-state index < -0.39 is 38.1 Å². The van der Waals surface area contributed by atoms with Gasteiger partial charge in [0.05, 0.1) is 47.3 Å². The van der Waals surface area contributed by atoms with Crippen LogP contribution in [0.25, 0.3) is 0 Å². The highest BCUT2D eigenvalue weighted by Crippen LogP contribution is 2.30. The molecule has 4 rings (SSSR count). The van der Waals surface area contributed by atoms with E-state index >= 15 is 0 Å². The van der Waals surface area contributed by atoms with E-state index in [-0.39, 0.29) is 58.5 Å². The molecule has 1 aliphatic heterocycles. The Morgan fingerprint density at radius 1 is 1.00 bits per heavy atom. The van der Waals surface area contributed by atoms with E-state index in [1.165, 1.54) is 53.7 Å². The smallest absolute Gasteiger partial charge is 0.261 e. The maximum Gasteiger partial charge on any atom is 0.261 e. The molecule has 1 aliphatic rings. The number of fused-ring (bicyclic) bond motifs is 1. The summed E-state index contributed by atoms with van der Waals surface area (Å²) in [5, 5.41) is 10.2. The summed E-state index contributed by atoms with van der Waals surface area (Å²) in [6.07, 6.45) is 1.24. The third kappa shape index (κ3) is 9.73. The average Bonchev–Trinajstić information content (AvgIpc) is 3.09. The number of nitrogens with zero attached hydrogens (tertiary/aromatic N) is 2. The summed E-state index contributed by atoms with van der Waals surface area (Å²) >= 11 is 0. The van der Waals surface area contributed by atoms with Crippen molar-refractivity contribution in [2.45, 2.75) is 68.1 Å². The summed E-state index contributed by atoms with van der Waals surface area (Å²) in [4.78, 5) is 16.0. The standard InChI is InChI=1S/C35H47N3O9S2/c1-25-22-38(26(2)24-39)35(40)32-21-28(36-48(41,42)30-12-7-6-8-13-30)14-19-33(32)47-27(3)11-9-10-20-46-34(25)23-37(4)49(43,44)31-17-15-29(45-5)16-18-31/h6-8,12-19,21,25-27,34,36,39H,9-11,20,22-24H2,1-5H3/t25-,26-,27+,34+/m0/s1. The lowest BCUT2D eigenvalue weighted by atomic mass is 10.0. The number of hydrogen-bond donors (Lipinski definition) is 2. The minimum Gasteiger partial charge on any atom is -0.497 e. The first-order valence-electron chi connectivity index (χ1n) is 16.3. The molecule has 0 fully saturated rings. The van der Waals surface area contributed by atoms with Crippen LogP contribution in [0.2, 0.25) is 0 Å². The lowest BCUT2D eigenvalue weighted by Crippen LogP contribution is -2.48. The van der Waals surface area contributed by atoms with Crippen molar-refractivity contribution in [3.63, 3.8) is 0 Å². The molecule has 268 valence electrons. The minimum atomic E-state index is -3.95. The number of hydrogen-bond acceptors (Lipinski definition) is 9. The fourth-order valence-electron chi connectivity index (χ4n) is 5.54. The Labute approximate surface area is 290 Å². The minimum absolute atomic E-state index is 0.0204. The molecular weight excluding hydrogens is 671 g/mol. The fourth-order valence-corrected chi connectivity index (χ4v) is 7.80. The molecule has 2 N–H and O–H groups in total. The van der Waals surface area contributed by atoms with Crippen LogP contribution < -0.4 is 14.2 Å². The van der Waals surface area contributed by atoms with Crippen LogP contribution in [-0.4, -0.2) is 95.8 Å². The van der Waals surface area contributed by atoms with E-state index in [0.717, 1.165) is 6.42 Å². The lowest BCUT2D eigenvalue weighted by Gasteiger charge is -2.35. The van der Waals surface area contributed by atoms with Crippen molar-refractivity contribution in [3.8, 4) is 11.5 Å². The topological polar surface area (TPSA) is 152 Å². The molecule has 12 nitrogen and oxygen atoms in total. The van der Waals surface area contributed by atoms with Crippen molar-refractivity contribution in [2.24, 2.45) is 5.92 Å². The van der Waals surface area contributed by atoms with Crippen molar-refractivity contribution >= 4 is 31.6 Å². The van der Waals surface area contributed by atoms with Crippen LogP contribution in [0.3, 0.4) is 0 Å². The third-order valence-corrected chi connectivity index (χ3v) is 11.8. The largest absolute Gasteiger partial charge is 0.497 e. The molecule has 3 aromatic rings. The highest BCUT2D eigenvalue weighted by atomic mass is 32.2. The van der Waals surface area contributed by atoms with Crippen LogP contribution >= 0.6 is 0 Å². The van der Waals surface area contributed by atoms with Gasteiger partial charge in [0.1, 0.15) is 11.5 Å². The van der Waals surface area contributed by atoms with Gasteiger partial charge in [-0.25, -0.2) is 16.8 Å². The van der Waals surface area contributed by atoms with Gasteiger partial charge < -0.3 is 24.2 Å². The van der Waals surface area contributed by atoms with Gasteiger partial charge in [0.15, 0.2) is 0 Å². The van der Waals surface area contributed by atoms with Crippen LogP contribution in [0.15, 0.2) is 82.6 Å². The number of anilines is 1. The van der Waals surface area contributed by atoms with Crippen molar-refractivity contribution in [1.82, 2.24) is 9.21 Å². The predicted molar refractivity (Wildman–Crippen MR) is 187 cm³/mol. The number of rotatable bonds is 10. The molecule has 0 spiro atoms. The molecule has 0 aromatic heterocycles. The summed E-state index contributed by atoms with van der Waals surface area (Å²) in [5.41, 5.74) is 0.297. The molecule has 0 unspecified atom stereocenters. The van der Waals surface area contributed by atoms with Gasteiger partial charge in [-0.15, -0.1) is 0 Å². The Balaban J connectivity index is 1.66. The molecule has 0 bridgehead atoms. The highest BCUT2D eigenvalue weighted by molar-refractivity contribution is 7.92. The van der Waals surface area contributed by atoms with Crippen LogP contribution in [-0.2, 0) is 24.8 Å². The number of carbonyl (C=O) groups is 1. The van der Waals surface area contributed by atoms with Crippen LogP contribution in [0, 0.1) is 5.92 Å². The number of carbonyl (C=O) groups excluding carboxylic acids is 1. The molecule has 4 atom stereocenters. The Morgan fingerprint density at radius 2 is 1.69 bits per heavy atom. The van der Waals surface area contributed by atoms with Crippen molar-refractivity contribution in [3.05, 3.63) is 78.4 Å². The number of methoxy groups -OCH3 is 1. The summed E-state index contributed by atoms with van der Waals surface area (Å²) in [6.45, 7) is 5.63. The van der Waals surface area contributed by atoms with Crippen LogP contribution in [0.4, 0.5) is 5.69 Å². The number of nitrogens with one attached hydrogen (secondary N) is 1. The second-order valence-corrected chi connectivity index (χ2v) is 16.1. The molecule has 3 aromatic carbocycles. The normalized spacial score (nSPS) is 20.5. The monoisotopic (exact) mass is 717 g/mol. The number of ether oxygens (including phenoxy) is 3. The van der Waals surface area contributed by atoms with Gasteiger partial charge in [0.25, 0.3) is 15.9 Å². The number of amides is 1. The average molecular weight is 718 g/mol. The Hall–Kier alpha value is -3.69. The van der Waals surface area contributed by atoms with Crippen molar-refractivity contribution in [1.29, 1.82) is 0 Å². The van der Waals surface area contributed by atoms with Gasteiger partial charge in [-0.1, -0.05) is 25.1 Å². The Bertz CT molecular complexity index is 1750. The van der Waals surface area contributed by atoms with Gasteiger partial charge in [-0.2, -0.15) is 4.31 Å². The van der Waals surface area contributed by atoms with E-state index in [9.17, 15) is 26.7 Å². The highest BCUT2D eigenvalue weighted by Gasteiger charge is 2.32. The van der Waals surface area contributed by atoms with Gasteiger partial charge in [0, 0.05) is 38.3 Å². The number of benzene rings is 3. The van der Waals surface area contributed by atoms with Crippen molar-refractivity contribution in [2.75, 3.05) is 45.2 Å². The number of aliphatic hydroxyl groups excluding tert-OH is 1. The first-order valence-corrected chi connectivity index (χ1v) is 19.2. The molecule has 1 heterocycles. The quantitative estimate of drug-likeness (QED) is 0.306. The predicted octanol–water partition coefficient (Wildman–Crippen LogP) is 4.61. The summed E-state index contributed by atoms with van der Waals surface area (Å²) < 4.78 is 74.8. The first kappa shape index (κ1) is 38.1. The maximum absolute atomic E-state index is 14.4. The zero-order valence-electron chi connectivity index (χ0n) is 28.6. The summed E-state index contributed by atoms with van der Waals surface area (Å²) in [6, 6.07) is 18.0. The molecule has 14 heteroatoms. The maximum atomic E-state index is 14.4. The fraction of sp³-hybridized carbons (Fsp3) is 0.457. The van der Waals surface area contributed by atoms with E-state index in [4.69, 9.17) is 14.2 Å². The van der Waals surface area contributed by atoms with Crippen molar-refractivity contribution < 1.29 is 40.9 Å². The first-order chi connectivity index (χ1) is 23.3. The zero-order valence-corrected chi connectivity index (χ0v) is 30.2. The third-order valence-electron chi connectivity index (χ3n) is 8.56. The SMILES string of the molecule is COc1ccc(S(=O)(=O)N(C)C[C@H]2OCCCC[C@@H](C)Oc3ccc(NS(=O)(=O)c4ccccc4)cc3C(=O)N([C@@H](C)CO)C[C@@H]2C)cc1. The van der Waals surface area contributed by atoms with Crippen LogP contribution in [0.1, 0.15) is 50.4 Å². The van der Waals surface area contributed by atoms with Crippen LogP contribution in [0.5, 0.6) is 11.5 Å². The van der Waals surface area contributed by atoms with Gasteiger partial charge >= 0.3 is 0 Å². The van der Waals surface area contributed by atoms with E-state index in [0.29, 0.717) is 25.2 Å². The van der Waals surface area contributed by atoms with E-state index in [2.05, 4.69) is 4.72 Å². The van der Waals surface area contributed by atoms with E-state index in [1.807, 2.05) is 13.8 Å². The zero-order chi connectivity index (χ0) is 35.8. The lowest BCUT2D eigenvalue weighted by molar-refractivity contribution is -0.00833. The second kappa shape index (κ2) is 16.8. The number of aliphatic hydroxyl groups is 1.